The number of nitro groups is 1. The van der Waals surface area contributed by atoms with E-state index in [2.05, 4.69) is 26.0 Å². The second kappa shape index (κ2) is 7.00. The average Bonchev–Trinajstić information content (AvgIpc) is 2.60. The van der Waals surface area contributed by atoms with Gasteiger partial charge in [-0.1, -0.05) is 44.2 Å². The minimum atomic E-state index is -0.356. The first-order valence-corrected chi connectivity index (χ1v) is 9.27. The van der Waals surface area contributed by atoms with Crippen LogP contribution < -0.4 is 5.73 Å². The van der Waals surface area contributed by atoms with Crippen LogP contribution in [0.15, 0.2) is 48.5 Å². The summed E-state index contributed by atoms with van der Waals surface area (Å²) >= 11 is 2.01. The van der Waals surface area contributed by atoms with Crippen molar-refractivity contribution in [2.24, 2.45) is 0 Å². The molecule has 0 heterocycles. The van der Waals surface area contributed by atoms with Crippen LogP contribution in [0.5, 0.6) is 0 Å². The van der Waals surface area contributed by atoms with Gasteiger partial charge in [-0.2, -0.15) is 0 Å². The summed E-state index contributed by atoms with van der Waals surface area (Å²) in [7, 11) is 0. The fourth-order valence-corrected chi connectivity index (χ4v) is 3.83. The third-order valence-corrected chi connectivity index (χ3v) is 5.60. The van der Waals surface area contributed by atoms with Crippen LogP contribution in [0.2, 0.25) is 0 Å². The third-order valence-electron chi connectivity index (χ3n) is 4.74. The summed E-state index contributed by atoms with van der Waals surface area (Å²) in [6, 6.07) is 15.5. The van der Waals surface area contributed by atoms with Gasteiger partial charge < -0.3 is 5.73 Å². The normalized spacial score (nSPS) is 12.3. The van der Waals surface area contributed by atoms with E-state index in [1.165, 1.54) is 5.56 Å². The highest BCUT2D eigenvalue weighted by molar-refractivity contribution is 14.1. The molecular weight excluding hydrogens is 427 g/mol. The predicted octanol–water partition coefficient (Wildman–Crippen LogP) is 6.12. The molecule has 3 rings (SSSR count). The van der Waals surface area contributed by atoms with Gasteiger partial charge in [-0.15, -0.1) is 0 Å². The molecule has 0 aliphatic carbocycles. The zero-order valence-electron chi connectivity index (χ0n) is 14.1. The average molecular weight is 446 g/mol. The zero-order chi connectivity index (χ0) is 18.1. The number of halogens is 1. The van der Waals surface area contributed by atoms with Gasteiger partial charge in [0.15, 0.2) is 0 Å². The van der Waals surface area contributed by atoms with Crippen LogP contribution in [-0.4, -0.2) is 4.92 Å². The summed E-state index contributed by atoms with van der Waals surface area (Å²) in [5.41, 5.74) is 10.6. The molecule has 1 unspecified atom stereocenters. The number of nitrogens with zero attached hydrogens (tertiary/aromatic N) is 1. The van der Waals surface area contributed by atoms with E-state index in [0.29, 0.717) is 9.49 Å². The summed E-state index contributed by atoms with van der Waals surface area (Å²) < 4.78 is 0.626. The maximum atomic E-state index is 11.0. The maximum Gasteiger partial charge on any atom is 0.282 e. The lowest BCUT2D eigenvalue weighted by Gasteiger charge is -2.16. The molecular formula is C20H19IN2O2. The zero-order valence-corrected chi connectivity index (χ0v) is 16.3. The molecule has 1 atom stereocenters. The lowest BCUT2D eigenvalue weighted by molar-refractivity contribution is -0.385. The number of hydrogen-bond acceptors (Lipinski definition) is 3. The van der Waals surface area contributed by atoms with E-state index in [1.807, 2.05) is 46.9 Å². The van der Waals surface area contributed by atoms with Gasteiger partial charge >= 0.3 is 0 Å². The molecule has 0 radical (unpaired) electrons. The summed E-state index contributed by atoms with van der Waals surface area (Å²) in [6.07, 6.45) is 1.04. The van der Waals surface area contributed by atoms with E-state index in [0.717, 1.165) is 34.0 Å². The van der Waals surface area contributed by atoms with Crippen molar-refractivity contribution in [2.75, 3.05) is 5.73 Å². The van der Waals surface area contributed by atoms with Gasteiger partial charge in [0.25, 0.3) is 5.69 Å². The summed E-state index contributed by atoms with van der Waals surface area (Å²) in [5.74, 6) is 0.411. The van der Waals surface area contributed by atoms with E-state index in [-0.39, 0.29) is 10.6 Å². The standard InChI is InChI=1S/C20H19IN2O2/c1-3-12(2)14-8-9-16-15(5-4-6-17(16)20(14)22)13-7-10-19(23(24)25)18(21)11-13/h4-12H,3,22H2,1-2H3. The highest BCUT2D eigenvalue weighted by Gasteiger charge is 2.15. The number of anilines is 1. The van der Waals surface area contributed by atoms with E-state index in [9.17, 15) is 10.1 Å². The van der Waals surface area contributed by atoms with Crippen molar-refractivity contribution >= 4 is 44.7 Å². The van der Waals surface area contributed by atoms with Crippen molar-refractivity contribution < 1.29 is 4.92 Å². The van der Waals surface area contributed by atoms with Crippen LogP contribution in [0.3, 0.4) is 0 Å². The number of hydrogen-bond donors (Lipinski definition) is 1. The van der Waals surface area contributed by atoms with Crippen LogP contribution in [0.25, 0.3) is 21.9 Å². The molecule has 0 aliphatic heterocycles. The molecule has 0 saturated carbocycles. The molecule has 3 aromatic carbocycles. The molecule has 128 valence electrons. The van der Waals surface area contributed by atoms with Crippen molar-refractivity contribution in [3.8, 4) is 11.1 Å². The quantitative estimate of drug-likeness (QED) is 0.227. The molecule has 3 aromatic rings. The molecule has 0 fully saturated rings. The first kappa shape index (κ1) is 17.7. The molecule has 0 aliphatic rings. The van der Waals surface area contributed by atoms with E-state index >= 15 is 0 Å². The Balaban J connectivity index is 2.20. The predicted molar refractivity (Wildman–Crippen MR) is 112 cm³/mol. The van der Waals surface area contributed by atoms with Crippen molar-refractivity contribution in [1.29, 1.82) is 0 Å². The molecule has 4 nitrogen and oxygen atoms in total. The first-order chi connectivity index (χ1) is 11.9. The molecule has 0 saturated heterocycles. The van der Waals surface area contributed by atoms with Gasteiger partial charge in [0.2, 0.25) is 0 Å². The molecule has 0 aromatic heterocycles. The van der Waals surface area contributed by atoms with Gasteiger partial charge in [-0.3, -0.25) is 10.1 Å². The van der Waals surface area contributed by atoms with Gasteiger partial charge in [0, 0.05) is 17.1 Å². The SMILES string of the molecule is CCC(C)c1ccc2c(-c3ccc([N+](=O)[O-])c(I)c3)cccc2c1N. The lowest BCUT2D eigenvalue weighted by Crippen LogP contribution is -2.00. The smallest absolute Gasteiger partial charge is 0.282 e. The van der Waals surface area contributed by atoms with Crippen LogP contribution in [-0.2, 0) is 0 Å². The van der Waals surface area contributed by atoms with Gasteiger partial charge in [-0.05, 0) is 69.1 Å². The fourth-order valence-electron chi connectivity index (χ4n) is 3.12. The molecule has 0 spiro atoms. The Morgan fingerprint density at radius 3 is 2.56 bits per heavy atom. The molecule has 5 heteroatoms. The van der Waals surface area contributed by atoms with Crippen LogP contribution in [0.1, 0.15) is 31.7 Å². The molecule has 0 amide bonds. The number of fused-ring (bicyclic) bond motifs is 1. The number of nitro benzene ring substituents is 1. The van der Waals surface area contributed by atoms with E-state index in [4.69, 9.17) is 5.73 Å². The minimum absolute atomic E-state index is 0.128. The Labute approximate surface area is 160 Å². The molecule has 25 heavy (non-hydrogen) atoms. The Morgan fingerprint density at radius 1 is 1.16 bits per heavy atom. The number of nitrogen functional groups attached to an aromatic ring is 1. The number of nitrogens with two attached hydrogens (primary N) is 1. The maximum absolute atomic E-state index is 11.0. The monoisotopic (exact) mass is 446 g/mol. The summed E-state index contributed by atoms with van der Waals surface area (Å²) in [4.78, 5) is 10.7. The summed E-state index contributed by atoms with van der Waals surface area (Å²) in [6.45, 7) is 4.34. The van der Waals surface area contributed by atoms with Crippen molar-refractivity contribution in [1.82, 2.24) is 0 Å². The second-order valence-corrected chi connectivity index (χ2v) is 7.36. The first-order valence-electron chi connectivity index (χ1n) is 8.19. The topological polar surface area (TPSA) is 69.2 Å². The van der Waals surface area contributed by atoms with Gasteiger partial charge in [0.05, 0.1) is 8.49 Å². The minimum Gasteiger partial charge on any atom is -0.398 e. The second-order valence-electron chi connectivity index (χ2n) is 6.20. The Bertz CT molecular complexity index is 969. The van der Waals surface area contributed by atoms with Gasteiger partial charge in [-0.25, -0.2) is 0 Å². The lowest BCUT2D eigenvalue weighted by atomic mass is 9.91. The van der Waals surface area contributed by atoms with E-state index in [1.54, 1.807) is 12.1 Å². The van der Waals surface area contributed by atoms with E-state index < -0.39 is 0 Å². The highest BCUT2D eigenvalue weighted by Crippen LogP contribution is 2.37. The Kier molecular flexibility index (Phi) is 4.94. The van der Waals surface area contributed by atoms with Crippen molar-refractivity contribution in [3.63, 3.8) is 0 Å². The van der Waals surface area contributed by atoms with Crippen molar-refractivity contribution in [3.05, 3.63) is 67.8 Å². The summed E-state index contributed by atoms with van der Waals surface area (Å²) in [5, 5.41) is 13.1. The largest absolute Gasteiger partial charge is 0.398 e. The highest BCUT2D eigenvalue weighted by atomic mass is 127. The van der Waals surface area contributed by atoms with Crippen LogP contribution in [0.4, 0.5) is 11.4 Å². The Morgan fingerprint density at radius 2 is 1.92 bits per heavy atom. The molecule has 2 N–H and O–H groups in total. The molecule has 0 bridgehead atoms. The van der Waals surface area contributed by atoms with Crippen LogP contribution >= 0.6 is 22.6 Å². The van der Waals surface area contributed by atoms with Crippen LogP contribution in [0, 0.1) is 13.7 Å². The fraction of sp³-hybridized carbons (Fsp3) is 0.200. The number of rotatable bonds is 4. The Hall–Kier alpha value is -2.15. The van der Waals surface area contributed by atoms with Crippen molar-refractivity contribution in [2.45, 2.75) is 26.2 Å². The number of benzene rings is 3. The van der Waals surface area contributed by atoms with Gasteiger partial charge in [0.1, 0.15) is 0 Å². The third kappa shape index (κ3) is 3.20.